The summed E-state index contributed by atoms with van der Waals surface area (Å²) in [5.74, 6) is 0.607. The first kappa shape index (κ1) is 22.7. The van der Waals surface area contributed by atoms with Crippen LogP contribution in [-0.4, -0.2) is 75.8 Å². The number of aliphatic imine (C=N–C) groups is 1. The van der Waals surface area contributed by atoms with Crippen molar-refractivity contribution in [2.75, 3.05) is 60.0 Å². The fraction of sp³-hybridized carbons (Fsp3) is 0.500. The monoisotopic (exact) mass is 433 g/mol. The number of guanidine groups is 1. The van der Waals surface area contributed by atoms with Crippen LogP contribution in [0, 0.1) is 5.82 Å². The van der Waals surface area contributed by atoms with Gasteiger partial charge in [-0.1, -0.05) is 18.2 Å². The molecule has 2 aromatic rings. The molecule has 0 radical (unpaired) electrons. The van der Waals surface area contributed by atoms with Gasteiger partial charge in [0.2, 0.25) is 0 Å². The van der Waals surface area contributed by atoms with Gasteiger partial charge in [0, 0.05) is 51.2 Å². The third-order valence-corrected chi connectivity index (χ3v) is 6.17. The van der Waals surface area contributed by atoms with Crippen molar-refractivity contribution < 1.29 is 9.13 Å². The fourth-order valence-corrected chi connectivity index (χ4v) is 4.40. The zero-order chi connectivity index (χ0) is 21.2. The van der Waals surface area contributed by atoms with E-state index in [0.717, 1.165) is 64.0 Å². The van der Waals surface area contributed by atoms with Crippen molar-refractivity contribution in [3.05, 3.63) is 58.0 Å². The Morgan fingerprint density at radius 3 is 2.67 bits per heavy atom. The van der Waals surface area contributed by atoms with Crippen LogP contribution in [-0.2, 0) is 11.3 Å². The molecule has 1 aliphatic rings. The number of hydrogen-bond acceptors (Lipinski definition) is 5. The second-order valence-corrected chi connectivity index (χ2v) is 8.40. The van der Waals surface area contributed by atoms with Gasteiger partial charge in [-0.25, -0.2) is 4.39 Å². The molecule has 2 N–H and O–H groups in total. The number of ether oxygens (including phenoxy) is 1. The van der Waals surface area contributed by atoms with Gasteiger partial charge in [-0.15, -0.1) is 11.3 Å². The average Bonchev–Trinajstić information content (AvgIpc) is 3.29. The first-order valence-electron chi connectivity index (χ1n) is 10.4. The highest BCUT2D eigenvalue weighted by Gasteiger charge is 2.23. The summed E-state index contributed by atoms with van der Waals surface area (Å²) in [7, 11) is 3.86. The van der Waals surface area contributed by atoms with Gasteiger partial charge in [-0.3, -0.25) is 9.89 Å². The first-order chi connectivity index (χ1) is 14.7. The molecule has 0 bridgehead atoms. The van der Waals surface area contributed by atoms with Gasteiger partial charge in [0.15, 0.2) is 5.96 Å². The number of nitrogens with one attached hydrogen (secondary N) is 2. The molecule has 0 spiro atoms. The quantitative estimate of drug-likeness (QED) is 0.470. The van der Waals surface area contributed by atoms with Gasteiger partial charge < -0.3 is 20.3 Å². The molecule has 1 atom stereocenters. The minimum absolute atomic E-state index is 0.198. The molecule has 164 valence electrons. The van der Waals surface area contributed by atoms with Crippen LogP contribution in [0.5, 0.6) is 0 Å². The smallest absolute Gasteiger partial charge is 0.191 e. The molecule has 1 unspecified atom stereocenters. The topological polar surface area (TPSA) is 52.1 Å². The molecule has 8 heteroatoms. The largest absolute Gasteiger partial charge is 0.379 e. The lowest BCUT2D eigenvalue weighted by Gasteiger charge is -2.34. The van der Waals surface area contributed by atoms with Crippen molar-refractivity contribution in [3.8, 4) is 0 Å². The van der Waals surface area contributed by atoms with E-state index in [1.54, 1.807) is 18.4 Å². The maximum absolute atomic E-state index is 13.0. The van der Waals surface area contributed by atoms with Crippen LogP contribution >= 0.6 is 11.3 Å². The van der Waals surface area contributed by atoms with Gasteiger partial charge in [0.1, 0.15) is 5.82 Å². The van der Waals surface area contributed by atoms with Crippen molar-refractivity contribution in [2.24, 2.45) is 4.99 Å². The summed E-state index contributed by atoms with van der Waals surface area (Å²) in [6.45, 7) is 6.69. The SMILES string of the molecule is CN=C(NCCN(C)Cc1ccc(F)cc1)NCC(c1cccs1)N1CCOCC1. The molecule has 30 heavy (non-hydrogen) atoms. The Morgan fingerprint density at radius 2 is 2.00 bits per heavy atom. The molecule has 1 aliphatic heterocycles. The molecule has 1 aromatic heterocycles. The van der Waals surface area contributed by atoms with E-state index >= 15 is 0 Å². The Morgan fingerprint density at radius 1 is 1.23 bits per heavy atom. The van der Waals surface area contributed by atoms with Crippen LogP contribution < -0.4 is 10.6 Å². The van der Waals surface area contributed by atoms with Crippen LogP contribution in [0.3, 0.4) is 0 Å². The Balaban J connectivity index is 1.44. The van der Waals surface area contributed by atoms with E-state index in [4.69, 9.17) is 4.74 Å². The van der Waals surface area contributed by atoms with Gasteiger partial charge in [0.25, 0.3) is 0 Å². The summed E-state index contributed by atoms with van der Waals surface area (Å²) in [5.41, 5.74) is 1.10. The molecule has 0 amide bonds. The van der Waals surface area contributed by atoms with Crippen LogP contribution in [0.2, 0.25) is 0 Å². The number of thiophene rings is 1. The minimum Gasteiger partial charge on any atom is -0.379 e. The third kappa shape index (κ3) is 7.05. The number of hydrogen-bond donors (Lipinski definition) is 2. The molecule has 1 saturated heterocycles. The average molecular weight is 434 g/mol. The highest BCUT2D eigenvalue weighted by Crippen LogP contribution is 2.25. The van der Waals surface area contributed by atoms with Crippen molar-refractivity contribution in [1.29, 1.82) is 0 Å². The first-order valence-corrected chi connectivity index (χ1v) is 11.3. The molecular weight excluding hydrogens is 401 g/mol. The van der Waals surface area contributed by atoms with Gasteiger partial charge in [0.05, 0.1) is 19.3 Å². The lowest BCUT2D eigenvalue weighted by Crippen LogP contribution is -2.47. The predicted molar refractivity (Wildman–Crippen MR) is 122 cm³/mol. The van der Waals surface area contributed by atoms with Crippen LogP contribution in [0.15, 0.2) is 46.8 Å². The molecule has 6 nitrogen and oxygen atoms in total. The second-order valence-electron chi connectivity index (χ2n) is 7.42. The zero-order valence-electron chi connectivity index (χ0n) is 17.8. The van der Waals surface area contributed by atoms with E-state index in [1.807, 2.05) is 12.1 Å². The lowest BCUT2D eigenvalue weighted by atomic mass is 10.2. The van der Waals surface area contributed by atoms with Crippen LogP contribution in [0.4, 0.5) is 4.39 Å². The molecule has 0 aliphatic carbocycles. The van der Waals surface area contributed by atoms with Crippen molar-refractivity contribution in [1.82, 2.24) is 20.4 Å². The maximum Gasteiger partial charge on any atom is 0.191 e. The summed E-state index contributed by atoms with van der Waals surface area (Å²) in [6, 6.07) is 11.3. The van der Waals surface area contributed by atoms with Gasteiger partial charge in [-0.2, -0.15) is 0 Å². The minimum atomic E-state index is -0.198. The number of rotatable bonds is 9. The van der Waals surface area contributed by atoms with Crippen LogP contribution in [0.25, 0.3) is 0 Å². The van der Waals surface area contributed by atoms with E-state index in [0.29, 0.717) is 6.04 Å². The highest BCUT2D eigenvalue weighted by molar-refractivity contribution is 7.10. The third-order valence-electron chi connectivity index (χ3n) is 5.20. The van der Waals surface area contributed by atoms with Crippen molar-refractivity contribution >= 4 is 17.3 Å². The number of benzene rings is 1. The van der Waals surface area contributed by atoms with E-state index < -0.39 is 0 Å². The molecule has 3 rings (SSSR count). The molecule has 1 fully saturated rings. The fourth-order valence-electron chi connectivity index (χ4n) is 3.54. The Labute approximate surface area is 182 Å². The summed E-state index contributed by atoms with van der Waals surface area (Å²) < 4.78 is 18.6. The summed E-state index contributed by atoms with van der Waals surface area (Å²) >= 11 is 1.79. The van der Waals surface area contributed by atoms with Crippen LogP contribution in [0.1, 0.15) is 16.5 Å². The molecule has 1 aromatic carbocycles. The molecule has 2 heterocycles. The van der Waals surface area contributed by atoms with Crippen molar-refractivity contribution in [2.45, 2.75) is 12.6 Å². The number of halogens is 1. The summed E-state index contributed by atoms with van der Waals surface area (Å²) in [4.78, 5) is 10.4. The van der Waals surface area contributed by atoms with E-state index in [1.165, 1.54) is 17.0 Å². The maximum atomic E-state index is 13.0. The van der Waals surface area contributed by atoms with Crippen molar-refractivity contribution in [3.63, 3.8) is 0 Å². The molecule has 0 saturated carbocycles. The van der Waals surface area contributed by atoms with Gasteiger partial charge >= 0.3 is 0 Å². The van der Waals surface area contributed by atoms with E-state index in [-0.39, 0.29) is 5.82 Å². The normalized spacial score (nSPS) is 16.6. The number of likely N-dealkylation sites (N-methyl/N-ethyl adjacent to an activating group) is 1. The Hall–Kier alpha value is -2.00. The summed E-state index contributed by atoms with van der Waals surface area (Å²) in [5, 5.41) is 9.02. The van der Waals surface area contributed by atoms with Gasteiger partial charge in [-0.05, 0) is 36.2 Å². The number of morpholine rings is 1. The predicted octanol–water partition coefficient (Wildman–Crippen LogP) is 2.56. The second kappa shape index (κ2) is 12.0. The van der Waals surface area contributed by atoms with E-state index in [9.17, 15) is 4.39 Å². The molecular formula is C22H32FN5OS. The number of nitrogens with zero attached hydrogens (tertiary/aromatic N) is 3. The zero-order valence-corrected chi connectivity index (χ0v) is 18.6. The highest BCUT2D eigenvalue weighted by atomic mass is 32.1. The Bertz CT molecular complexity index is 762. The standard InChI is InChI=1S/C22H32FN5OS/c1-24-22(25-9-10-27(2)17-18-5-7-19(23)8-6-18)26-16-20(21-4-3-15-30-21)28-11-13-29-14-12-28/h3-8,15,20H,9-14,16-17H2,1-2H3,(H2,24,25,26). The summed E-state index contributed by atoms with van der Waals surface area (Å²) in [6.07, 6.45) is 0. The lowest BCUT2D eigenvalue weighted by molar-refractivity contribution is 0.0177. The Kier molecular flexibility index (Phi) is 9.07. The van der Waals surface area contributed by atoms with E-state index in [2.05, 4.69) is 50.0 Å².